The maximum atomic E-state index is 11.6. The third-order valence-corrected chi connectivity index (χ3v) is 6.11. The molecule has 0 fully saturated rings. The van der Waals surface area contributed by atoms with Gasteiger partial charge in [-0.3, -0.25) is 0 Å². The predicted molar refractivity (Wildman–Crippen MR) is 67.5 cm³/mol. The van der Waals surface area contributed by atoms with Gasteiger partial charge in [-0.2, -0.15) is 0 Å². The van der Waals surface area contributed by atoms with E-state index in [1.54, 1.807) is 13.8 Å². The van der Waals surface area contributed by atoms with Crippen LogP contribution in [0.25, 0.3) is 0 Å². The zero-order chi connectivity index (χ0) is 12.6. The molecule has 2 N–H and O–H groups in total. The number of sulfone groups is 1. The summed E-state index contributed by atoms with van der Waals surface area (Å²) in [5.74, 6) is 0. The highest BCUT2D eigenvalue weighted by molar-refractivity contribution is 7.92. The summed E-state index contributed by atoms with van der Waals surface area (Å²) >= 11 is 1.52. The minimum atomic E-state index is -3.16. The van der Waals surface area contributed by atoms with Crippen LogP contribution in [0.1, 0.15) is 24.5 Å². The van der Waals surface area contributed by atoms with Gasteiger partial charge >= 0.3 is 0 Å². The summed E-state index contributed by atoms with van der Waals surface area (Å²) in [5, 5.41) is 2.83. The molecular weight excluding hydrogens is 244 g/mol. The molecule has 1 aromatic rings. The van der Waals surface area contributed by atoms with Gasteiger partial charge in [-0.05, 0) is 20.8 Å². The van der Waals surface area contributed by atoms with Crippen LogP contribution in [0.2, 0.25) is 0 Å². The fraction of sp³-hybridized carbons (Fsp3) is 0.700. The van der Waals surface area contributed by atoms with Gasteiger partial charge < -0.3 is 5.73 Å². The average molecular weight is 262 g/mol. The fourth-order valence-corrected chi connectivity index (χ4v) is 2.67. The second-order valence-corrected chi connectivity index (χ2v) is 8.11. The number of thiazole rings is 1. The molecule has 0 aliphatic heterocycles. The topological polar surface area (TPSA) is 73.1 Å². The largest absolute Gasteiger partial charge is 0.326 e. The Bertz CT molecular complexity index is 463. The van der Waals surface area contributed by atoms with Crippen molar-refractivity contribution in [1.29, 1.82) is 0 Å². The molecule has 1 atom stereocenters. The highest BCUT2D eigenvalue weighted by atomic mass is 32.2. The summed E-state index contributed by atoms with van der Waals surface area (Å²) in [6.07, 6.45) is 1.72. The lowest BCUT2D eigenvalue weighted by Gasteiger charge is -2.29. The third-order valence-electron chi connectivity index (χ3n) is 2.91. The molecule has 0 aliphatic carbocycles. The van der Waals surface area contributed by atoms with E-state index in [2.05, 4.69) is 4.98 Å². The summed E-state index contributed by atoms with van der Waals surface area (Å²) in [6.45, 7) is 5.23. The van der Waals surface area contributed by atoms with Crippen molar-refractivity contribution in [3.63, 3.8) is 0 Å². The summed E-state index contributed by atoms with van der Waals surface area (Å²) in [5.41, 5.74) is 6.91. The second-order valence-electron chi connectivity index (χ2n) is 4.57. The Hall–Kier alpha value is -0.460. The number of hydrogen-bond donors (Lipinski definition) is 1. The van der Waals surface area contributed by atoms with E-state index in [9.17, 15) is 8.42 Å². The molecule has 1 unspecified atom stereocenters. The fourth-order valence-electron chi connectivity index (χ4n) is 1.21. The molecular formula is C10H18N2O2S2. The minimum Gasteiger partial charge on any atom is -0.326 e. The van der Waals surface area contributed by atoms with Crippen molar-refractivity contribution in [3.8, 4) is 0 Å². The first kappa shape index (κ1) is 13.6. The van der Waals surface area contributed by atoms with Crippen LogP contribution in [0.3, 0.4) is 0 Å². The minimum absolute atomic E-state index is 0.437. The first-order valence-electron chi connectivity index (χ1n) is 5.01. The van der Waals surface area contributed by atoms with Crippen LogP contribution in [-0.2, 0) is 16.3 Å². The summed E-state index contributed by atoms with van der Waals surface area (Å²) in [7, 11) is -3.16. The maximum absolute atomic E-state index is 11.6. The van der Waals surface area contributed by atoms with E-state index < -0.39 is 20.6 Å². The highest BCUT2D eigenvalue weighted by Gasteiger charge is 2.37. The Balaban J connectivity index is 2.84. The standard InChI is InChI=1S/C10H18N2O2S2/c1-7-6-15-9(12-7)5-8(11)10(2,3)16(4,13)14/h6,8H,5,11H2,1-4H3. The molecule has 0 spiro atoms. The van der Waals surface area contributed by atoms with Gasteiger partial charge in [0.2, 0.25) is 0 Å². The lowest BCUT2D eigenvalue weighted by molar-refractivity contribution is 0.481. The molecule has 4 nitrogen and oxygen atoms in total. The predicted octanol–water partition coefficient (Wildman–Crippen LogP) is 1.14. The number of nitrogens with two attached hydrogens (primary N) is 1. The lowest BCUT2D eigenvalue weighted by atomic mass is 10.0. The van der Waals surface area contributed by atoms with Gasteiger partial charge in [-0.25, -0.2) is 13.4 Å². The molecule has 0 saturated carbocycles. The van der Waals surface area contributed by atoms with Gasteiger partial charge in [0.1, 0.15) is 0 Å². The molecule has 6 heteroatoms. The van der Waals surface area contributed by atoms with Gasteiger partial charge in [-0.15, -0.1) is 11.3 Å². The lowest BCUT2D eigenvalue weighted by Crippen LogP contribution is -2.49. The zero-order valence-electron chi connectivity index (χ0n) is 10.0. The van der Waals surface area contributed by atoms with Crippen LogP contribution in [0.4, 0.5) is 0 Å². The molecule has 0 aliphatic rings. The van der Waals surface area contributed by atoms with E-state index in [1.807, 2.05) is 12.3 Å². The van der Waals surface area contributed by atoms with Crippen LogP contribution in [-0.4, -0.2) is 30.4 Å². The first-order chi connectivity index (χ1) is 7.14. The smallest absolute Gasteiger partial charge is 0.154 e. The van der Waals surface area contributed by atoms with Gasteiger partial charge in [0.05, 0.1) is 9.75 Å². The molecule has 1 heterocycles. The normalized spacial score (nSPS) is 15.1. The van der Waals surface area contributed by atoms with Gasteiger partial charge in [0, 0.05) is 29.8 Å². The van der Waals surface area contributed by atoms with Crippen molar-refractivity contribution in [2.45, 2.75) is 38.0 Å². The SMILES string of the molecule is Cc1csc(CC(N)C(C)(C)S(C)(=O)=O)n1. The first-order valence-corrected chi connectivity index (χ1v) is 7.78. The zero-order valence-corrected chi connectivity index (χ0v) is 11.7. The highest BCUT2D eigenvalue weighted by Crippen LogP contribution is 2.22. The maximum Gasteiger partial charge on any atom is 0.154 e. The van der Waals surface area contributed by atoms with Crippen molar-refractivity contribution in [2.24, 2.45) is 5.73 Å². The Labute approximate surface area is 101 Å². The number of aryl methyl sites for hydroxylation is 1. The molecule has 0 bridgehead atoms. The molecule has 0 amide bonds. The van der Waals surface area contributed by atoms with Gasteiger partial charge in [-0.1, -0.05) is 0 Å². The molecule has 92 valence electrons. The molecule has 1 rings (SSSR count). The number of hydrogen-bond acceptors (Lipinski definition) is 5. The van der Waals surface area contributed by atoms with Crippen molar-refractivity contribution in [2.75, 3.05) is 6.26 Å². The van der Waals surface area contributed by atoms with Crippen LogP contribution >= 0.6 is 11.3 Å². The number of aromatic nitrogens is 1. The van der Waals surface area contributed by atoms with Crippen LogP contribution in [0.5, 0.6) is 0 Å². The Morgan fingerprint density at radius 2 is 2.12 bits per heavy atom. The van der Waals surface area contributed by atoms with Crippen molar-refractivity contribution < 1.29 is 8.42 Å². The van der Waals surface area contributed by atoms with E-state index in [1.165, 1.54) is 17.6 Å². The summed E-state index contributed by atoms with van der Waals surface area (Å²) in [6, 6.07) is -0.437. The molecule has 0 aromatic carbocycles. The summed E-state index contributed by atoms with van der Waals surface area (Å²) in [4.78, 5) is 4.29. The van der Waals surface area contributed by atoms with E-state index in [0.29, 0.717) is 6.42 Å². The Kier molecular flexibility index (Phi) is 3.76. The van der Waals surface area contributed by atoms with Crippen molar-refractivity contribution in [1.82, 2.24) is 4.98 Å². The van der Waals surface area contributed by atoms with Gasteiger partial charge in [0.15, 0.2) is 9.84 Å². The van der Waals surface area contributed by atoms with E-state index >= 15 is 0 Å². The van der Waals surface area contributed by atoms with Gasteiger partial charge in [0.25, 0.3) is 0 Å². The van der Waals surface area contributed by atoms with Crippen LogP contribution in [0, 0.1) is 6.92 Å². The van der Waals surface area contributed by atoms with E-state index in [4.69, 9.17) is 5.73 Å². The quantitative estimate of drug-likeness (QED) is 0.883. The Morgan fingerprint density at radius 1 is 1.56 bits per heavy atom. The van der Waals surface area contributed by atoms with E-state index in [0.717, 1.165) is 10.7 Å². The van der Waals surface area contributed by atoms with Crippen molar-refractivity contribution >= 4 is 21.2 Å². The molecule has 16 heavy (non-hydrogen) atoms. The van der Waals surface area contributed by atoms with Crippen LogP contribution in [0.15, 0.2) is 5.38 Å². The molecule has 0 saturated heterocycles. The summed E-state index contributed by atoms with van der Waals surface area (Å²) < 4.78 is 22.3. The monoisotopic (exact) mass is 262 g/mol. The third kappa shape index (κ3) is 2.81. The average Bonchev–Trinajstić information content (AvgIpc) is 2.49. The van der Waals surface area contributed by atoms with E-state index in [-0.39, 0.29) is 0 Å². The van der Waals surface area contributed by atoms with Crippen LogP contribution < -0.4 is 5.73 Å². The number of nitrogens with zero attached hydrogens (tertiary/aromatic N) is 1. The number of rotatable bonds is 4. The second kappa shape index (κ2) is 4.43. The Morgan fingerprint density at radius 3 is 2.50 bits per heavy atom. The van der Waals surface area contributed by atoms with Crippen molar-refractivity contribution in [3.05, 3.63) is 16.1 Å². The molecule has 0 radical (unpaired) electrons. The molecule has 1 aromatic heterocycles.